The standard InChI is InChI=1S/C18H23BrN2O3S/c1-17(2,3)24-16(22)21-15-20-10-13-11-23-8-7-18(13,25-15)12-5-4-6-14(19)9-12/h4-6,9,13H,7-8,10-11H2,1-3H3,(H,20,21,22). The molecule has 1 saturated heterocycles. The number of fused-ring (bicyclic) bond motifs is 1. The maximum absolute atomic E-state index is 12.1. The summed E-state index contributed by atoms with van der Waals surface area (Å²) in [5.41, 5.74) is 0.700. The second-order valence-corrected chi connectivity index (χ2v) is 9.53. The normalized spacial score (nSPS) is 26.4. The zero-order chi connectivity index (χ0) is 18.1. The Kier molecular flexibility index (Phi) is 5.46. The summed E-state index contributed by atoms with van der Waals surface area (Å²) >= 11 is 5.19. The van der Waals surface area contributed by atoms with Crippen LogP contribution in [-0.4, -0.2) is 36.6 Å². The first kappa shape index (κ1) is 18.7. The predicted molar refractivity (Wildman–Crippen MR) is 104 cm³/mol. The number of amides is 1. The smallest absolute Gasteiger partial charge is 0.413 e. The first-order valence-corrected chi connectivity index (χ1v) is 9.97. The summed E-state index contributed by atoms with van der Waals surface area (Å²) < 4.78 is 12.0. The molecule has 1 N–H and O–H groups in total. The first-order valence-electron chi connectivity index (χ1n) is 8.36. The van der Waals surface area contributed by atoms with Gasteiger partial charge in [0.05, 0.1) is 11.4 Å². The Hall–Kier alpha value is -1.05. The molecule has 7 heteroatoms. The lowest BCUT2D eigenvalue weighted by atomic mass is 9.81. The van der Waals surface area contributed by atoms with Gasteiger partial charge in [0.1, 0.15) is 5.60 Å². The number of halogens is 1. The Bertz CT molecular complexity index is 689. The number of amidine groups is 1. The Labute approximate surface area is 161 Å². The number of rotatable bonds is 1. The van der Waals surface area contributed by atoms with E-state index in [1.807, 2.05) is 32.9 Å². The van der Waals surface area contributed by atoms with Crippen LogP contribution in [0.5, 0.6) is 0 Å². The van der Waals surface area contributed by atoms with Gasteiger partial charge < -0.3 is 9.47 Å². The Morgan fingerprint density at radius 1 is 1.48 bits per heavy atom. The number of carbonyl (C=O) groups excluding carboxylic acids is 1. The molecule has 1 aromatic rings. The number of carbonyl (C=O) groups is 1. The van der Waals surface area contributed by atoms with E-state index < -0.39 is 11.7 Å². The number of benzene rings is 1. The molecule has 136 valence electrons. The molecule has 0 aliphatic carbocycles. The lowest BCUT2D eigenvalue weighted by Gasteiger charge is -2.45. The molecule has 1 fully saturated rings. The van der Waals surface area contributed by atoms with E-state index in [1.165, 1.54) is 5.56 Å². The molecule has 2 atom stereocenters. The zero-order valence-corrected chi connectivity index (χ0v) is 17.1. The Balaban J connectivity index is 1.84. The average Bonchev–Trinajstić information content (AvgIpc) is 2.52. The molecule has 5 nitrogen and oxygen atoms in total. The van der Waals surface area contributed by atoms with Gasteiger partial charge in [-0.05, 0) is 44.9 Å². The third-order valence-corrected chi connectivity index (χ3v) is 6.31. The summed E-state index contributed by atoms with van der Waals surface area (Å²) in [5, 5.41) is 3.43. The number of thioether (sulfide) groups is 1. The average molecular weight is 427 g/mol. The van der Waals surface area contributed by atoms with Crippen molar-refractivity contribution in [3.05, 3.63) is 34.3 Å². The van der Waals surface area contributed by atoms with Crippen LogP contribution >= 0.6 is 27.7 Å². The van der Waals surface area contributed by atoms with Crippen LogP contribution in [0.2, 0.25) is 0 Å². The first-order chi connectivity index (χ1) is 11.8. The van der Waals surface area contributed by atoms with Crippen LogP contribution in [0.1, 0.15) is 32.8 Å². The third-order valence-electron chi connectivity index (χ3n) is 4.25. The fourth-order valence-electron chi connectivity index (χ4n) is 3.17. The fraction of sp³-hybridized carbons (Fsp3) is 0.556. The molecular weight excluding hydrogens is 404 g/mol. The van der Waals surface area contributed by atoms with E-state index >= 15 is 0 Å². The predicted octanol–water partition coefficient (Wildman–Crippen LogP) is 4.31. The Morgan fingerprint density at radius 3 is 3.00 bits per heavy atom. The summed E-state index contributed by atoms with van der Waals surface area (Å²) in [7, 11) is 0. The molecule has 0 aromatic heterocycles. The van der Waals surface area contributed by atoms with Gasteiger partial charge in [-0.1, -0.05) is 39.8 Å². The van der Waals surface area contributed by atoms with Gasteiger partial charge in [0, 0.05) is 23.5 Å². The van der Waals surface area contributed by atoms with Crippen molar-refractivity contribution in [3.8, 4) is 0 Å². The number of nitrogens with one attached hydrogen (secondary N) is 1. The molecule has 0 saturated carbocycles. The van der Waals surface area contributed by atoms with E-state index in [-0.39, 0.29) is 10.7 Å². The topological polar surface area (TPSA) is 59.9 Å². The molecule has 3 rings (SSSR count). The highest BCUT2D eigenvalue weighted by molar-refractivity contribution is 9.10. The van der Waals surface area contributed by atoms with Crippen molar-refractivity contribution in [2.45, 2.75) is 37.5 Å². The lowest BCUT2D eigenvalue weighted by Crippen LogP contribution is -2.48. The lowest BCUT2D eigenvalue weighted by molar-refractivity contribution is 0.0326. The van der Waals surface area contributed by atoms with Crippen LogP contribution in [0.15, 0.2) is 33.7 Å². The Morgan fingerprint density at radius 2 is 2.28 bits per heavy atom. The van der Waals surface area contributed by atoms with Gasteiger partial charge in [-0.25, -0.2) is 4.79 Å². The molecule has 0 spiro atoms. The highest BCUT2D eigenvalue weighted by Crippen LogP contribution is 2.51. The van der Waals surface area contributed by atoms with Gasteiger partial charge in [0.2, 0.25) is 0 Å². The molecule has 2 heterocycles. The fourth-order valence-corrected chi connectivity index (χ4v) is 4.92. The number of aliphatic imine (C=N–C) groups is 1. The number of nitrogens with zero attached hydrogens (tertiary/aromatic N) is 1. The monoisotopic (exact) mass is 426 g/mol. The van der Waals surface area contributed by atoms with Gasteiger partial charge in [-0.15, -0.1) is 0 Å². The van der Waals surface area contributed by atoms with Gasteiger partial charge in [0.15, 0.2) is 5.17 Å². The second kappa shape index (κ2) is 7.29. The van der Waals surface area contributed by atoms with Crippen LogP contribution in [-0.2, 0) is 14.2 Å². The molecule has 2 aliphatic heterocycles. The molecule has 2 unspecified atom stereocenters. The molecule has 1 amide bonds. The molecule has 1 aromatic carbocycles. The summed E-state index contributed by atoms with van der Waals surface area (Å²) in [5.74, 6) is 0.282. The maximum atomic E-state index is 12.1. The van der Waals surface area contributed by atoms with Crippen molar-refractivity contribution in [3.63, 3.8) is 0 Å². The van der Waals surface area contributed by atoms with Crippen molar-refractivity contribution >= 4 is 39.0 Å². The maximum Gasteiger partial charge on any atom is 0.413 e. The van der Waals surface area contributed by atoms with E-state index in [0.717, 1.165) is 10.9 Å². The van der Waals surface area contributed by atoms with Crippen LogP contribution in [0, 0.1) is 5.92 Å². The zero-order valence-electron chi connectivity index (χ0n) is 14.7. The van der Waals surface area contributed by atoms with Gasteiger partial charge in [0.25, 0.3) is 0 Å². The van der Waals surface area contributed by atoms with Gasteiger partial charge in [-0.2, -0.15) is 0 Å². The summed E-state index contributed by atoms with van der Waals surface area (Å²) in [6.45, 7) is 7.56. The van der Waals surface area contributed by atoms with Crippen molar-refractivity contribution in [1.29, 1.82) is 0 Å². The van der Waals surface area contributed by atoms with Crippen LogP contribution in [0.4, 0.5) is 4.79 Å². The van der Waals surface area contributed by atoms with Crippen LogP contribution in [0.25, 0.3) is 0 Å². The van der Waals surface area contributed by atoms with E-state index in [9.17, 15) is 4.79 Å². The quantitative estimate of drug-likeness (QED) is 0.726. The highest BCUT2D eigenvalue weighted by atomic mass is 79.9. The SMILES string of the molecule is CC(C)(C)OC(=O)NC1=NCC2COCCC2(c2cccc(Br)c2)S1. The van der Waals surface area contributed by atoms with Crippen molar-refractivity contribution < 1.29 is 14.3 Å². The van der Waals surface area contributed by atoms with Crippen LogP contribution in [0.3, 0.4) is 0 Å². The van der Waals surface area contributed by atoms with Gasteiger partial charge in [-0.3, -0.25) is 10.3 Å². The van der Waals surface area contributed by atoms with Crippen molar-refractivity contribution in [2.24, 2.45) is 10.9 Å². The van der Waals surface area contributed by atoms with E-state index in [2.05, 4.69) is 38.4 Å². The van der Waals surface area contributed by atoms with Crippen molar-refractivity contribution in [2.75, 3.05) is 19.8 Å². The summed E-state index contributed by atoms with van der Waals surface area (Å²) in [6.07, 6.45) is 0.419. The van der Waals surface area contributed by atoms with Crippen LogP contribution < -0.4 is 5.32 Å². The highest BCUT2D eigenvalue weighted by Gasteiger charge is 2.47. The minimum Gasteiger partial charge on any atom is -0.444 e. The molecule has 0 bridgehead atoms. The minimum atomic E-state index is -0.535. The van der Waals surface area contributed by atoms with E-state index in [0.29, 0.717) is 24.9 Å². The molecule has 0 radical (unpaired) electrons. The summed E-state index contributed by atoms with van der Waals surface area (Å²) in [4.78, 5) is 16.7. The largest absolute Gasteiger partial charge is 0.444 e. The molecule has 2 aliphatic rings. The number of alkyl carbamates (subject to hydrolysis) is 1. The van der Waals surface area contributed by atoms with E-state index in [1.54, 1.807) is 11.8 Å². The molecular formula is C18H23BrN2O3S. The number of ether oxygens (including phenoxy) is 2. The number of hydrogen-bond acceptors (Lipinski definition) is 5. The van der Waals surface area contributed by atoms with Gasteiger partial charge >= 0.3 is 6.09 Å². The van der Waals surface area contributed by atoms with E-state index in [4.69, 9.17) is 9.47 Å². The third kappa shape index (κ3) is 4.38. The minimum absolute atomic E-state index is 0.145. The van der Waals surface area contributed by atoms with Crippen molar-refractivity contribution in [1.82, 2.24) is 5.32 Å². The molecule has 25 heavy (non-hydrogen) atoms. The summed E-state index contributed by atoms with van der Waals surface area (Å²) in [6, 6.07) is 8.37. The second-order valence-electron chi connectivity index (χ2n) is 7.30. The number of hydrogen-bond donors (Lipinski definition) is 1.